The summed E-state index contributed by atoms with van der Waals surface area (Å²) in [7, 11) is 2.06. The lowest BCUT2D eigenvalue weighted by Crippen LogP contribution is -2.35. The molecule has 1 aliphatic rings. The van der Waals surface area contributed by atoms with Gasteiger partial charge in [0.05, 0.1) is 4.34 Å². The summed E-state index contributed by atoms with van der Waals surface area (Å²) in [5.74, 6) is 0. The predicted octanol–water partition coefficient (Wildman–Crippen LogP) is 3.33. The van der Waals surface area contributed by atoms with Crippen molar-refractivity contribution in [3.8, 4) is 0 Å². The molecule has 1 aromatic rings. The van der Waals surface area contributed by atoms with Crippen LogP contribution in [0.25, 0.3) is 0 Å². The number of thiophene rings is 1. The molecule has 0 aliphatic heterocycles. The fourth-order valence-electron chi connectivity index (χ4n) is 1.91. The molecule has 2 rings (SSSR count). The normalized spacial score (nSPS) is 20.8. The number of halogens is 1. The van der Waals surface area contributed by atoms with Crippen molar-refractivity contribution < 1.29 is 0 Å². The fraction of sp³-hybridized carbons (Fsp3) is 0.636. The van der Waals surface area contributed by atoms with Crippen molar-refractivity contribution in [1.82, 2.24) is 5.32 Å². The summed E-state index contributed by atoms with van der Waals surface area (Å²) in [5, 5.41) is 3.43. The smallest absolute Gasteiger partial charge is 0.0931 e. The van der Waals surface area contributed by atoms with E-state index in [0.29, 0.717) is 11.5 Å². The maximum Gasteiger partial charge on any atom is 0.0931 e. The minimum atomic E-state index is 0.533. The van der Waals surface area contributed by atoms with Gasteiger partial charge < -0.3 is 5.32 Å². The van der Waals surface area contributed by atoms with Crippen molar-refractivity contribution in [3.05, 3.63) is 21.3 Å². The third-order valence-corrected chi connectivity index (χ3v) is 4.52. The van der Waals surface area contributed by atoms with Gasteiger partial charge in [-0.05, 0) is 43.9 Å². The first kappa shape index (κ1) is 10.5. The van der Waals surface area contributed by atoms with Crippen LogP contribution in [0, 0.1) is 5.41 Å². The molecule has 1 aliphatic carbocycles. The second kappa shape index (κ2) is 3.84. The van der Waals surface area contributed by atoms with Crippen LogP contribution >= 0.6 is 22.9 Å². The molecular formula is C11H16ClNS. The van der Waals surface area contributed by atoms with Crippen LogP contribution in [0.4, 0.5) is 0 Å². The third kappa shape index (κ3) is 2.13. The average molecular weight is 230 g/mol. The van der Waals surface area contributed by atoms with Crippen LogP contribution in [-0.2, 0) is 6.42 Å². The van der Waals surface area contributed by atoms with Crippen LogP contribution in [0.1, 0.15) is 24.6 Å². The zero-order valence-corrected chi connectivity index (χ0v) is 10.2. The molecule has 1 heterocycles. The number of rotatable bonds is 4. The van der Waals surface area contributed by atoms with Gasteiger partial charge in [0.1, 0.15) is 0 Å². The highest BCUT2D eigenvalue weighted by Crippen LogP contribution is 2.49. The fourth-order valence-corrected chi connectivity index (χ4v) is 3.04. The first-order valence-electron chi connectivity index (χ1n) is 5.05. The van der Waals surface area contributed by atoms with Gasteiger partial charge in [0.25, 0.3) is 0 Å². The minimum absolute atomic E-state index is 0.533. The topological polar surface area (TPSA) is 12.0 Å². The summed E-state index contributed by atoms with van der Waals surface area (Å²) < 4.78 is 0.899. The minimum Gasteiger partial charge on any atom is -0.316 e. The van der Waals surface area contributed by atoms with Gasteiger partial charge in [-0.1, -0.05) is 18.5 Å². The average Bonchev–Trinajstić information content (AvgIpc) is 2.76. The molecule has 0 amide bonds. The van der Waals surface area contributed by atoms with Crippen molar-refractivity contribution >= 4 is 22.9 Å². The molecule has 0 saturated heterocycles. The van der Waals surface area contributed by atoms with Crippen molar-refractivity contribution in [2.75, 3.05) is 7.05 Å². The van der Waals surface area contributed by atoms with Crippen molar-refractivity contribution in [3.63, 3.8) is 0 Å². The molecule has 1 aromatic heterocycles. The monoisotopic (exact) mass is 229 g/mol. The van der Waals surface area contributed by atoms with Crippen LogP contribution in [-0.4, -0.2) is 13.1 Å². The van der Waals surface area contributed by atoms with E-state index in [2.05, 4.69) is 25.4 Å². The Morgan fingerprint density at radius 3 is 2.71 bits per heavy atom. The molecule has 0 spiro atoms. The van der Waals surface area contributed by atoms with Gasteiger partial charge in [-0.3, -0.25) is 0 Å². The Balaban J connectivity index is 2.01. The van der Waals surface area contributed by atoms with E-state index in [-0.39, 0.29) is 0 Å². The molecule has 1 atom stereocenters. The highest BCUT2D eigenvalue weighted by atomic mass is 35.5. The van der Waals surface area contributed by atoms with E-state index in [1.165, 1.54) is 17.7 Å². The molecule has 1 nitrogen and oxygen atoms in total. The number of hydrogen-bond donors (Lipinski definition) is 1. The number of likely N-dealkylation sites (N-methyl/N-ethyl adjacent to an activating group) is 1. The Bertz CT molecular complexity index is 317. The second-order valence-electron chi connectivity index (χ2n) is 4.41. The first-order chi connectivity index (χ1) is 6.64. The van der Waals surface area contributed by atoms with Crippen LogP contribution in [0.5, 0.6) is 0 Å². The molecule has 1 unspecified atom stereocenters. The summed E-state index contributed by atoms with van der Waals surface area (Å²) in [6, 6.07) is 4.74. The summed E-state index contributed by atoms with van der Waals surface area (Å²) in [6.45, 7) is 2.36. The molecule has 14 heavy (non-hydrogen) atoms. The molecule has 78 valence electrons. The van der Waals surface area contributed by atoms with E-state index in [1.54, 1.807) is 11.3 Å². The maximum atomic E-state index is 5.92. The molecule has 1 saturated carbocycles. The van der Waals surface area contributed by atoms with Crippen molar-refractivity contribution in [2.45, 2.75) is 32.2 Å². The van der Waals surface area contributed by atoms with Crippen LogP contribution < -0.4 is 5.32 Å². The number of hydrogen-bond acceptors (Lipinski definition) is 2. The van der Waals surface area contributed by atoms with Crippen molar-refractivity contribution in [1.29, 1.82) is 0 Å². The van der Waals surface area contributed by atoms with Crippen molar-refractivity contribution in [2.24, 2.45) is 5.41 Å². The maximum absolute atomic E-state index is 5.92. The molecule has 1 N–H and O–H groups in total. The molecule has 3 heteroatoms. The van der Waals surface area contributed by atoms with Gasteiger partial charge in [-0.2, -0.15) is 0 Å². The zero-order chi connectivity index (χ0) is 10.2. The summed E-state index contributed by atoms with van der Waals surface area (Å²) >= 11 is 7.62. The number of nitrogens with one attached hydrogen (secondary N) is 1. The van der Waals surface area contributed by atoms with E-state index in [4.69, 9.17) is 11.6 Å². The highest BCUT2D eigenvalue weighted by molar-refractivity contribution is 7.16. The van der Waals surface area contributed by atoms with Crippen LogP contribution in [0.2, 0.25) is 4.34 Å². The first-order valence-corrected chi connectivity index (χ1v) is 6.25. The lowest BCUT2D eigenvalue weighted by molar-refractivity contribution is 0.378. The Kier molecular flexibility index (Phi) is 2.87. The Morgan fingerprint density at radius 2 is 2.29 bits per heavy atom. The van der Waals surface area contributed by atoms with E-state index in [1.807, 2.05) is 6.07 Å². The highest BCUT2D eigenvalue weighted by Gasteiger charge is 2.43. The molecule has 0 radical (unpaired) electrons. The van der Waals surface area contributed by atoms with E-state index >= 15 is 0 Å². The lowest BCUT2D eigenvalue weighted by Gasteiger charge is -2.22. The third-order valence-electron chi connectivity index (χ3n) is 3.26. The van der Waals surface area contributed by atoms with Crippen LogP contribution in [0.15, 0.2) is 12.1 Å². The van der Waals surface area contributed by atoms with E-state index < -0.39 is 0 Å². The Labute approximate surface area is 94.5 Å². The lowest BCUT2D eigenvalue weighted by atomic mass is 9.95. The standard InChI is InChI=1S/C11H16ClNS/c1-11(5-6-11)9(13-2)7-8-3-4-10(12)14-8/h3-4,9,13H,5-7H2,1-2H3. The molecule has 0 aromatic carbocycles. The van der Waals surface area contributed by atoms with E-state index in [9.17, 15) is 0 Å². The molecule has 0 bridgehead atoms. The largest absolute Gasteiger partial charge is 0.316 e. The summed E-state index contributed by atoms with van der Waals surface area (Å²) in [4.78, 5) is 1.39. The van der Waals surface area contributed by atoms with Gasteiger partial charge in [0.15, 0.2) is 0 Å². The molecule has 1 fully saturated rings. The predicted molar refractivity (Wildman–Crippen MR) is 63.2 cm³/mol. The Morgan fingerprint density at radius 1 is 1.57 bits per heavy atom. The second-order valence-corrected chi connectivity index (χ2v) is 6.20. The van der Waals surface area contributed by atoms with Gasteiger partial charge in [-0.15, -0.1) is 11.3 Å². The Hall–Kier alpha value is -0.0500. The van der Waals surface area contributed by atoms with Gasteiger partial charge in [-0.25, -0.2) is 0 Å². The molecular weight excluding hydrogens is 214 g/mol. The summed E-state index contributed by atoms with van der Waals surface area (Å²) in [5.41, 5.74) is 0.533. The quantitative estimate of drug-likeness (QED) is 0.835. The van der Waals surface area contributed by atoms with Gasteiger partial charge in [0, 0.05) is 10.9 Å². The zero-order valence-electron chi connectivity index (χ0n) is 8.64. The van der Waals surface area contributed by atoms with Crippen LogP contribution in [0.3, 0.4) is 0 Å². The SMILES string of the molecule is CNC(Cc1ccc(Cl)s1)C1(C)CC1. The van der Waals surface area contributed by atoms with Gasteiger partial charge >= 0.3 is 0 Å². The summed E-state index contributed by atoms with van der Waals surface area (Å²) in [6.07, 6.45) is 3.83. The van der Waals surface area contributed by atoms with E-state index in [0.717, 1.165) is 10.8 Å². The van der Waals surface area contributed by atoms with Gasteiger partial charge in [0.2, 0.25) is 0 Å².